The van der Waals surface area contributed by atoms with E-state index in [1.54, 1.807) is 6.20 Å². The van der Waals surface area contributed by atoms with Gasteiger partial charge in [-0.25, -0.2) is 0 Å². The SMILES string of the molecule is CC(C)(C)n1cc(C(=O)NC2CCN(CC3CCCC3)CC2)cn1. The van der Waals surface area contributed by atoms with E-state index in [9.17, 15) is 4.79 Å². The fourth-order valence-electron chi connectivity index (χ4n) is 3.89. The molecule has 2 heterocycles. The van der Waals surface area contributed by atoms with Crippen LogP contribution in [0, 0.1) is 5.92 Å². The van der Waals surface area contributed by atoms with Crippen molar-refractivity contribution in [3.05, 3.63) is 18.0 Å². The molecule has 1 aromatic heterocycles. The number of piperidine rings is 1. The number of carbonyl (C=O) groups is 1. The molecule has 0 atom stereocenters. The van der Waals surface area contributed by atoms with Crippen LogP contribution < -0.4 is 5.32 Å². The largest absolute Gasteiger partial charge is 0.349 e. The van der Waals surface area contributed by atoms with Gasteiger partial charge in [-0.3, -0.25) is 9.48 Å². The van der Waals surface area contributed by atoms with Crippen LogP contribution in [0.2, 0.25) is 0 Å². The molecule has 134 valence electrons. The molecule has 0 spiro atoms. The van der Waals surface area contributed by atoms with E-state index in [4.69, 9.17) is 0 Å². The highest BCUT2D eigenvalue weighted by molar-refractivity contribution is 5.93. The maximum atomic E-state index is 12.4. The lowest BCUT2D eigenvalue weighted by Crippen LogP contribution is -2.45. The van der Waals surface area contributed by atoms with Crippen molar-refractivity contribution in [3.63, 3.8) is 0 Å². The second kappa shape index (κ2) is 7.26. The predicted octanol–water partition coefficient (Wildman–Crippen LogP) is 3.02. The highest BCUT2D eigenvalue weighted by atomic mass is 16.1. The Labute approximate surface area is 145 Å². The summed E-state index contributed by atoms with van der Waals surface area (Å²) in [6.07, 6.45) is 11.3. The first-order valence-electron chi connectivity index (χ1n) is 9.50. The molecular weight excluding hydrogens is 300 g/mol. The van der Waals surface area contributed by atoms with Crippen molar-refractivity contribution in [1.82, 2.24) is 20.0 Å². The predicted molar refractivity (Wildman–Crippen MR) is 96.1 cm³/mol. The Kier molecular flexibility index (Phi) is 5.28. The molecule has 1 amide bonds. The van der Waals surface area contributed by atoms with Crippen molar-refractivity contribution in [2.75, 3.05) is 19.6 Å². The topological polar surface area (TPSA) is 50.2 Å². The summed E-state index contributed by atoms with van der Waals surface area (Å²) in [5.74, 6) is 0.930. The lowest BCUT2D eigenvalue weighted by molar-refractivity contribution is 0.0905. The third kappa shape index (κ3) is 4.38. The minimum atomic E-state index is -0.0931. The van der Waals surface area contributed by atoms with Gasteiger partial charge >= 0.3 is 0 Å². The molecule has 0 aromatic carbocycles. The summed E-state index contributed by atoms with van der Waals surface area (Å²) in [4.78, 5) is 15.0. The maximum Gasteiger partial charge on any atom is 0.254 e. The lowest BCUT2D eigenvalue weighted by Gasteiger charge is -2.33. The first-order valence-corrected chi connectivity index (χ1v) is 9.50. The summed E-state index contributed by atoms with van der Waals surface area (Å²) in [6.45, 7) is 9.75. The molecule has 5 heteroatoms. The van der Waals surface area contributed by atoms with E-state index in [1.807, 2.05) is 10.9 Å². The first-order chi connectivity index (χ1) is 11.4. The minimum absolute atomic E-state index is 0.0137. The second-order valence-corrected chi connectivity index (χ2v) is 8.54. The summed E-state index contributed by atoms with van der Waals surface area (Å²) in [6, 6.07) is 0.301. The molecule has 3 rings (SSSR count). The Bertz CT molecular complexity index is 546. The third-order valence-corrected chi connectivity index (χ3v) is 5.45. The van der Waals surface area contributed by atoms with Gasteiger partial charge in [0.2, 0.25) is 0 Å². The van der Waals surface area contributed by atoms with Gasteiger partial charge in [-0.1, -0.05) is 12.8 Å². The zero-order valence-corrected chi connectivity index (χ0v) is 15.4. The average molecular weight is 332 g/mol. The van der Waals surface area contributed by atoms with Gasteiger partial charge in [0.15, 0.2) is 0 Å². The van der Waals surface area contributed by atoms with Crippen LogP contribution in [-0.2, 0) is 5.54 Å². The smallest absolute Gasteiger partial charge is 0.254 e. The Hall–Kier alpha value is -1.36. The third-order valence-electron chi connectivity index (χ3n) is 5.45. The molecule has 5 nitrogen and oxygen atoms in total. The molecule has 2 aliphatic rings. The normalized spacial score (nSPS) is 21.3. The Balaban J connectivity index is 1.45. The quantitative estimate of drug-likeness (QED) is 0.922. The molecule has 0 bridgehead atoms. The van der Waals surface area contributed by atoms with Gasteiger partial charge in [0, 0.05) is 31.9 Å². The van der Waals surface area contributed by atoms with Gasteiger partial charge in [0.05, 0.1) is 17.3 Å². The van der Waals surface area contributed by atoms with E-state index < -0.39 is 0 Å². The summed E-state index contributed by atoms with van der Waals surface area (Å²) in [7, 11) is 0. The van der Waals surface area contributed by atoms with Crippen LogP contribution in [0.4, 0.5) is 0 Å². The van der Waals surface area contributed by atoms with Crippen molar-refractivity contribution in [1.29, 1.82) is 0 Å². The maximum absolute atomic E-state index is 12.4. The lowest BCUT2D eigenvalue weighted by atomic mass is 10.0. The van der Waals surface area contributed by atoms with Gasteiger partial charge in [0.25, 0.3) is 5.91 Å². The van der Waals surface area contributed by atoms with Crippen LogP contribution in [0.25, 0.3) is 0 Å². The van der Waals surface area contributed by atoms with Gasteiger partial charge in [-0.15, -0.1) is 0 Å². The second-order valence-electron chi connectivity index (χ2n) is 8.54. The van der Waals surface area contributed by atoms with E-state index >= 15 is 0 Å². The Morgan fingerprint density at radius 3 is 2.46 bits per heavy atom. The van der Waals surface area contributed by atoms with Crippen LogP contribution in [0.3, 0.4) is 0 Å². The fraction of sp³-hybridized carbons (Fsp3) is 0.789. The van der Waals surface area contributed by atoms with Crippen LogP contribution in [0.1, 0.15) is 69.7 Å². The number of hydrogen-bond donors (Lipinski definition) is 1. The number of likely N-dealkylation sites (tertiary alicyclic amines) is 1. The van der Waals surface area contributed by atoms with Crippen molar-refractivity contribution in [3.8, 4) is 0 Å². The molecule has 24 heavy (non-hydrogen) atoms. The standard InChI is InChI=1S/C19H32N4O/c1-19(2,3)23-14-16(12-20-23)18(24)21-17-8-10-22(11-9-17)13-15-6-4-5-7-15/h12,14-15,17H,4-11,13H2,1-3H3,(H,21,24). The minimum Gasteiger partial charge on any atom is -0.349 e. The molecule has 1 aromatic rings. The molecule has 0 radical (unpaired) electrons. The summed E-state index contributed by atoms with van der Waals surface area (Å²) < 4.78 is 1.85. The van der Waals surface area contributed by atoms with Crippen molar-refractivity contribution in [2.24, 2.45) is 5.92 Å². The number of amides is 1. The molecule has 1 saturated carbocycles. The number of carbonyl (C=O) groups excluding carboxylic acids is 1. The molecule has 1 aliphatic heterocycles. The van der Waals surface area contributed by atoms with Crippen LogP contribution in [0.5, 0.6) is 0 Å². The molecule has 1 saturated heterocycles. The van der Waals surface area contributed by atoms with E-state index in [0.717, 1.165) is 31.8 Å². The zero-order chi connectivity index (χ0) is 17.2. The monoisotopic (exact) mass is 332 g/mol. The Morgan fingerprint density at radius 2 is 1.88 bits per heavy atom. The van der Waals surface area contributed by atoms with E-state index in [1.165, 1.54) is 32.2 Å². The van der Waals surface area contributed by atoms with Gasteiger partial charge in [-0.2, -0.15) is 5.10 Å². The average Bonchev–Trinajstić information content (AvgIpc) is 3.19. The molecule has 0 unspecified atom stereocenters. The molecule has 1 aliphatic carbocycles. The van der Waals surface area contributed by atoms with Crippen LogP contribution >= 0.6 is 0 Å². The number of nitrogens with one attached hydrogen (secondary N) is 1. The number of rotatable bonds is 4. The molecule has 2 fully saturated rings. The number of hydrogen-bond acceptors (Lipinski definition) is 3. The summed E-state index contributed by atoms with van der Waals surface area (Å²) >= 11 is 0. The number of aromatic nitrogens is 2. The fourth-order valence-corrected chi connectivity index (χ4v) is 3.89. The van der Waals surface area contributed by atoms with Crippen LogP contribution in [0.15, 0.2) is 12.4 Å². The van der Waals surface area contributed by atoms with E-state index in [0.29, 0.717) is 11.6 Å². The van der Waals surface area contributed by atoms with Gasteiger partial charge in [-0.05, 0) is 52.4 Å². The molecular formula is C19H32N4O. The summed E-state index contributed by atoms with van der Waals surface area (Å²) in [5.41, 5.74) is 0.572. The summed E-state index contributed by atoms with van der Waals surface area (Å²) in [5, 5.41) is 7.51. The highest BCUT2D eigenvalue weighted by Gasteiger charge is 2.25. The van der Waals surface area contributed by atoms with E-state index in [2.05, 4.69) is 36.1 Å². The van der Waals surface area contributed by atoms with Gasteiger partial charge in [0.1, 0.15) is 0 Å². The van der Waals surface area contributed by atoms with E-state index in [-0.39, 0.29) is 11.4 Å². The van der Waals surface area contributed by atoms with Crippen molar-refractivity contribution in [2.45, 2.75) is 70.9 Å². The van der Waals surface area contributed by atoms with Crippen molar-refractivity contribution >= 4 is 5.91 Å². The van der Waals surface area contributed by atoms with Crippen molar-refractivity contribution < 1.29 is 4.79 Å². The molecule has 1 N–H and O–H groups in total. The highest BCUT2D eigenvalue weighted by Crippen LogP contribution is 2.26. The Morgan fingerprint density at radius 1 is 1.21 bits per heavy atom. The number of nitrogens with zero attached hydrogens (tertiary/aromatic N) is 3. The van der Waals surface area contributed by atoms with Gasteiger partial charge < -0.3 is 10.2 Å². The first kappa shape index (κ1) is 17.5. The van der Waals surface area contributed by atoms with Crippen LogP contribution in [-0.4, -0.2) is 46.3 Å². The zero-order valence-electron chi connectivity index (χ0n) is 15.4.